The molecule has 96 valence electrons. The minimum atomic E-state index is -0.170. The zero-order valence-corrected chi connectivity index (χ0v) is 12.2. The first-order valence-corrected chi connectivity index (χ1v) is 7.21. The number of aromatic amines is 1. The number of nitrogens with two attached hydrogens (primary N) is 1. The summed E-state index contributed by atoms with van der Waals surface area (Å²) < 4.78 is 2.58. The lowest BCUT2D eigenvalue weighted by Gasteiger charge is -2.05. The smallest absolute Gasteiger partial charge is 0.343 e. The lowest BCUT2D eigenvalue weighted by molar-refractivity contribution is 0.660. The Balaban J connectivity index is 2.14. The van der Waals surface area contributed by atoms with Crippen molar-refractivity contribution in [3.63, 3.8) is 0 Å². The highest BCUT2D eigenvalue weighted by molar-refractivity contribution is 9.10. The molecule has 0 bridgehead atoms. The summed E-state index contributed by atoms with van der Waals surface area (Å²) in [4.78, 5) is 11.4. The van der Waals surface area contributed by atoms with E-state index in [1.165, 1.54) is 11.8 Å². The van der Waals surface area contributed by atoms with E-state index in [0.717, 1.165) is 21.5 Å². The summed E-state index contributed by atoms with van der Waals surface area (Å²) in [6.07, 6.45) is 0. The molecular weight excluding hydrogens is 316 g/mol. The Kier molecular flexibility index (Phi) is 4.13. The van der Waals surface area contributed by atoms with Crippen molar-refractivity contribution in [1.82, 2.24) is 14.8 Å². The number of nitrogens with one attached hydrogen (secondary N) is 1. The van der Waals surface area contributed by atoms with Crippen molar-refractivity contribution in [2.24, 2.45) is 0 Å². The molecule has 0 atom stereocenters. The molecule has 0 saturated carbocycles. The van der Waals surface area contributed by atoms with E-state index in [1.54, 1.807) is 4.57 Å². The lowest BCUT2D eigenvalue weighted by atomic mass is 10.2. The molecule has 0 unspecified atom stereocenters. The van der Waals surface area contributed by atoms with Crippen molar-refractivity contribution in [3.05, 3.63) is 38.7 Å². The van der Waals surface area contributed by atoms with Crippen LogP contribution in [-0.2, 0) is 12.3 Å². The second-order valence-electron chi connectivity index (χ2n) is 3.70. The molecule has 3 N–H and O–H groups in total. The van der Waals surface area contributed by atoms with Gasteiger partial charge in [-0.2, -0.15) is 0 Å². The van der Waals surface area contributed by atoms with Crippen LogP contribution in [0.4, 0.5) is 5.69 Å². The van der Waals surface area contributed by atoms with Gasteiger partial charge in [0.15, 0.2) is 5.16 Å². The van der Waals surface area contributed by atoms with E-state index in [0.29, 0.717) is 11.7 Å². The molecule has 0 aliphatic carbocycles. The molecule has 0 amide bonds. The number of H-pyrrole nitrogens is 1. The van der Waals surface area contributed by atoms with Crippen molar-refractivity contribution >= 4 is 33.4 Å². The first-order valence-electron chi connectivity index (χ1n) is 5.43. The molecule has 2 rings (SSSR count). The maximum Gasteiger partial charge on any atom is 0.343 e. The number of anilines is 1. The molecule has 2 aromatic rings. The second kappa shape index (κ2) is 5.62. The Hall–Kier alpha value is -1.21. The molecule has 5 nitrogen and oxygen atoms in total. The van der Waals surface area contributed by atoms with Crippen LogP contribution in [-0.4, -0.2) is 14.8 Å². The Morgan fingerprint density at radius 2 is 2.33 bits per heavy atom. The number of nitrogens with zero attached hydrogens (tertiary/aromatic N) is 2. The first-order chi connectivity index (χ1) is 8.61. The topological polar surface area (TPSA) is 76.7 Å². The van der Waals surface area contributed by atoms with Gasteiger partial charge in [-0.25, -0.2) is 9.89 Å². The molecule has 0 aliphatic rings. The molecule has 1 aromatic heterocycles. The van der Waals surface area contributed by atoms with Gasteiger partial charge in [0.25, 0.3) is 0 Å². The normalized spacial score (nSPS) is 10.8. The van der Waals surface area contributed by atoms with Gasteiger partial charge in [0.05, 0.1) is 0 Å². The fourth-order valence-electron chi connectivity index (χ4n) is 1.52. The van der Waals surface area contributed by atoms with Crippen LogP contribution >= 0.6 is 27.7 Å². The van der Waals surface area contributed by atoms with Crippen LogP contribution in [0.25, 0.3) is 0 Å². The first kappa shape index (κ1) is 13.2. The van der Waals surface area contributed by atoms with E-state index in [-0.39, 0.29) is 5.69 Å². The number of halogens is 1. The number of aromatic nitrogens is 3. The van der Waals surface area contributed by atoms with Crippen molar-refractivity contribution in [1.29, 1.82) is 0 Å². The van der Waals surface area contributed by atoms with Crippen LogP contribution in [0.3, 0.4) is 0 Å². The molecule has 1 heterocycles. The number of hydrogen-bond donors (Lipinski definition) is 2. The van der Waals surface area contributed by atoms with Crippen LogP contribution in [0.5, 0.6) is 0 Å². The minimum Gasteiger partial charge on any atom is -0.399 e. The molecule has 0 aliphatic heterocycles. The highest BCUT2D eigenvalue weighted by Crippen LogP contribution is 2.26. The van der Waals surface area contributed by atoms with E-state index in [4.69, 9.17) is 5.73 Å². The summed E-state index contributed by atoms with van der Waals surface area (Å²) in [6, 6.07) is 5.69. The average molecular weight is 329 g/mol. The SMILES string of the molecule is CCn1c(SCc2ccc(N)cc2Br)n[nH]c1=O. The highest BCUT2D eigenvalue weighted by Gasteiger charge is 2.08. The van der Waals surface area contributed by atoms with Gasteiger partial charge in [0.1, 0.15) is 0 Å². The zero-order chi connectivity index (χ0) is 13.1. The Labute approximate surface area is 117 Å². The third kappa shape index (κ3) is 2.78. The van der Waals surface area contributed by atoms with Crippen molar-refractivity contribution in [3.8, 4) is 0 Å². The summed E-state index contributed by atoms with van der Waals surface area (Å²) in [7, 11) is 0. The molecule has 1 aromatic carbocycles. The van der Waals surface area contributed by atoms with Gasteiger partial charge in [-0.1, -0.05) is 33.8 Å². The summed E-state index contributed by atoms with van der Waals surface area (Å²) in [5, 5.41) is 7.15. The summed E-state index contributed by atoms with van der Waals surface area (Å²) in [5.41, 5.74) is 7.36. The summed E-state index contributed by atoms with van der Waals surface area (Å²) >= 11 is 4.99. The van der Waals surface area contributed by atoms with E-state index in [9.17, 15) is 4.79 Å². The van der Waals surface area contributed by atoms with Crippen molar-refractivity contribution in [2.45, 2.75) is 24.4 Å². The monoisotopic (exact) mass is 328 g/mol. The largest absolute Gasteiger partial charge is 0.399 e. The van der Waals surface area contributed by atoms with Crippen molar-refractivity contribution in [2.75, 3.05) is 5.73 Å². The summed E-state index contributed by atoms with van der Waals surface area (Å²) in [5.74, 6) is 0.727. The number of benzene rings is 1. The predicted molar refractivity (Wildman–Crippen MR) is 76.6 cm³/mol. The molecular formula is C11H13BrN4OS. The van der Waals surface area contributed by atoms with E-state index in [1.807, 2.05) is 25.1 Å². The molecule has 7 heteroatoms. The van der Waals surface area contributed by atoms with Crippen LogP contribution in [0, 0.1) is 0 Å². The molecule has 0 fully saturated rings. The van der Waals surface area contributed by atoms with Gasteiger partial charge in [0.2, 0.25) is 0 Å². The van der Waals surface area contributed by atoms with Gasteiger partial charge in [-0.3, -0.25) is 4.57 Å². The predicted octanol–water partition coefficient (Wildman–Crippen LogP) is 2.23. The van der Waals surface area contributed by atoms with E-state index < -0.39 is 0 Å². The molecule has 18 heavy (non-hydrogen) atoms. The van der Waals surface area contributed by atoms with E-state index in [2.05, 4.69) is 26.1 Å². The van der Waals surface area contributed by atoms with Crippen LogP contribution in [0.1, 0.15) is 12.5 Å². The fraction of sp³-hybridized carbons (Fsp3) is 0.273. The van der Waals surface area contributed by atoms with Gasteiger partial charge < -0.3 is 5.73 Å². The number of nitrogen functional groups attached to an aromatic ring is 1. The Bertz CT molecular complexity index is 607. The van der Waals surface area contributed by atoms with Gasteiger partial charge in [-0.15, -0.1) is 5.10 Å². The third-order valence-corrected chi connectivity index (χ3v) is 4.24. The van der Waals surface area contributed by atoms with Crippen molar-refractivity contribution < 1.29 is 0 Å². The molecule has 0 saturated heterocycles. The second-order valence-corrected chi connectivity index (χ2v) is 5.49. The number of hydrogen-bond acceptors (Lipinski definition) is 4. The average Bonchev–Trinajstić information content (AvgIpc) is 2.69. The third-order valence-electron chi connectivity index (χ3n) is 2.47. The Morgan fingerprint density at radius 1 is 1.56 bits per heavy atom. The highest BCUT2D eigenvalue weighted by atomic mass is 79.9. The Morgan fingerprint density at radius 3 is 3.00 bits per heavy atom. The minimum absolute atomic E-state index is 0.170. The van der Waals surface area contributed by atoms with Gasteiger partial charge in [0, 0.05) is 22.5 Å². The standard InChI is InChI=1S/C11H13BrN4OS/c1-2-16-10(17)14-15-11(16)18-6-7-3-4-8(13)5-9(7)12/h3-5H,2,6,13H2,1H3,(H,14,17). The fourth-order valence-corrected chi connectivity index (χ4v) is 3.25. The molecule has 0 radical (unpaired) electrons. The number of thioether (sulfide) groups is 1. The molecule has 0 spiro atoms. The van der Waals surface area contributed by atoms with Crippen LogP contribution in [0.2, 0.25) is 0 Å². The number of rotatable bonds is 4. The van der Waals surface area contributed by atoms with E-state index >= 15 is 0 Å². The lowest BCUT2D eigenvalue weighted by Crippen LogP contribution is -2.16. The van der Waals surface area contributed by atoms with Gasteiger partial charge >= 0.3 is 5.69 Å². The zero-order valence-electron chi connectivity index (χ0n) is 9.81. The maximum absolute atomic E-state index is 11.4. The quantitative estimate of drug-likeness (QED) is 0.666. The van der Waals surface area contributed by atoms with Gasteiger partial charge in [-0.05, 0) is 24.6 Å². The van der Waals surface area contributed by atoms with Crippen LogP contribution in [0.15, 0.2) is 32.6 Å². The van der Waals surface area contributed by atoms with Crippen LogP contribution < -0.4 is 11.4 Å². The maximum atomic E-state index is 11.4. The summed E-state index contributed by atoms with van der Waals surface area (Å²) in [6.45, 7) is 2.53.